The van der Waals surface area contributed by atoms with Crippen LogP contribution in [0.3, 0.4) is 0 Å². The van der Waals surface area contributed by atoms with Gasteiger partial charge in [-0.05, 0) is 32.2 Å². The van der Waals surface area contributed by atoms with Gasteiger partial charge in [0.2, 0.25) is 5.91 Å². The molecule has 2 heterocycles. The molecule has 2 fully saturated rings. The Morgan fingerprint density at radius 1 is 1.40 bits per heavy atom. The van der Waals surface area contributed by atoms with Crippen molar-refractivity contribution in [3.05, 3.63) is 0 Å². The second-order valence-corrected chi connectivity index (χ2v) is 8.04. The van der Waals surface area contributed by atoms with Crippen molar-refractivity contribution in [1.29, 1.82) is 0 Å². The van der Waals surface area contributed by atoms with Crippen LogP contribution in [0, 0.1) is 5.92 Å². The van der Waals surface area contributed by atoms with Crippen LogP contribution in [0.15, 0.2) is 0 Å². The molecule has 0 aromatic carbocycles. The highest BCUT2D eigenvalue weighted by atomic mass is 32.2. The zero-order valence-electron chi connectivity index (χ0n) is 12.0. The van der Waals surface area contributed by atoms with Gasteiger partial charge < -0.3 is 10.0 Å². The first-order valence-corrected chi connectivity index (χ1v) is 9.10. The molecule has 0 spiro atoms. The van der Waals surface area contributed by atoms with Crippen molar-refractivity contribution in [1.82, 2.24) is 9.80 Å². The Hall–Kier alpha value is -0.660. The van der Waals surface area contributed by atoms with Crippen LogP contribution in [0.4, 0.5) is 0 Å². The van der Waals surface area contributed by atoms with Crippen LogP contribution in [0.1, 0.15) is 19.8 Å². The number of rotatable bonds is 5. The summed E-state index contributed by atoms with van der Waals surface area (Å²) in [6.45, 7) is 4.53. The maximum absolute atomic E-state index is 12.4. The van der Waals surface area contributed by atoms with Crippen LogP contribution in [0.5, 0.6) is 0 Å². The van der Waals surface area contributed by atoms with Gasteiger partial charge in [-0.15, -0.1) is 0 Å². The first-order chi connectivity index (χ1) is 9.45. The fraction of sp³-hybridized carbons (Fsp3) is 0.923. The predicted octanol–water partition coefficient (Wildman–Crippen LogP) is -0.664. The highest BCUT2D eigenvalue weighted by Gasteiger charge is 2.34. The lowest BCUT2D eigenvalue weighted by Gasteiger charge is -2.29. The summed E-state index contributed by atoms with van der Waals surface area (Å²) in [7, 11) is -2.96. The zero-order chi connectivity index (χ0) is 14.8. The van der Waals surface area contributed by atoms with Gasteiger partial charge in [-0.25, -0.2) is 8.42 Å². The fourth-order valence-electron chi connectivity index (χ4n) is 3.15. The second kappa shape index (κ2) is 6.41. The number of aliphatic hydroxyl groups is 1. The number of likely N-dealkylation sites (N-methyl/N-ethyl adjacent to an activating group) is 1. The Morgan fingerprint density at radius 3 is 2.65 bits per heavy atom. The van der Waals surface area contributed by atoms with Crippen LogP contribution in [0.2, 0.25) is 0 Å². The van der Waals surface area contributed by atoms with Crippen molar-refractivity contribution in [3.8, 4) is 0 Å². The first-order valence-electron chi connectivity index (χ1n) is 7.28. The third kappa shape index (κ3) is 3.71. The lowest BCUT2D eigenvalue weighted by Crippen LogP contribution is -2.45. The maximum atomic E-state index is 12.4. The molecule has 2 atom stereocenters. The number of carbonyl (C=O) groups excluding carboxylic acids is 1. The molecule has 0 aromatic rings. The molecule has 2 aliphatic heterocycles. The topological polar surface area (TPSA) is 77.9 Å². The van der Waals surface area contributed by atoms with Crippen molar-refractivity contribution in [3.63, 3.8) is 0 Å². The standard InChI is InChI=1S/C13H24N2O4S/c1-2-15(12-4-6-20(18,19)10-12)13(17)8-14-5-3-11(7-14)9-16/h11-12,16H,2-10H2,1H3. The van der Waals surface area contributed by atoms with Crippen molar-refractivity contribution in [2.45, 2.75) is 25.8 Å². The minimum Gasteiger partial charge on any atom is -0.396 e. The number of amides is 1. The van der Waals surface area contributed by atoms with E-state index in [0.29, 0.717) is 19.5 Å². The van der Waals surface area contributed by atoms with Crippen molar-refractivity contribution in [2.24, 2.45) is 5.92 Å². The van der Waals surface area contributed by atoms with Gasteiger partial charge in [0, 0.05) is 25.7 Å². The van der Waals surface area contributed by atoms with Gasteiger partial charge in [0.1, 0.15) is 0 Å². The van der Waals surface area contributed by atoms with Gasteiger partial charge in [0.05, 0.1) is 18.1 Å². The van der Waals surface area contributed by atoms with Gasteiger partial charge in [-0.3, -0.25) is 9.69 Å². The lowest BCUT2D eigenvalue weighted by molar-refractivity contribution is -0.133. The lowest BCUT2D eigenvalue weighted by atomic mass is 10.1. The number of aliphatic hydroxyl groups excluding tert-OH is 1. The summed E-state index contributed by atoms with van der Waals surface area (Å²) in [6, 6.07) is -0.159. The summed E-state index contributed by atoms with van der Waals surface area (Å²) in [4.78, 5) is 16.1. The zero-order valence-corrected chi connectivity index (χ0v) is 12.8. The molecule has 2 unspecified atom stereocenters. The monoisotopic (exact) mass is 304 g/mol. The molecule has 20 heavy (non-hydrogen) atoms. The summed E-state index contributed by atoms with van der Waals surface area (Å²) < 4.78 is 23.1. The molecule has 1 amide bonds. The highest BCUT2D eigenvalue weighted by molar-refractivity contribution is 7.91. The van der Waals surface area contributed by atoms with E-state index in [1.54, 1.807) is 4.90 Å². The van der Waals surface area contributed by atoms with Gasteiger partial charge in [-0.2, -0.15) is 0 Å². The quantitative estimate of drug-likeness (QED) is 0.729. The Kier molecular flexibility index (Phi) is 5.04. The van der Waals surface area contributed by atoms with E-state index in [1.165, 1.54) is 0 Å². The molecular formula is C13H24N2O4S. The van der Waals surface area contributed by atoms with E-state index in [0.717, 1.165) is 19.5 Å². The Bertz CT molecular complexity index is 451. The van der Waals surface area contributed by atoms with E-state index in [4.69, 9.17) is 5.11 Å². The normalized spacial score (nSPS) is 29.7. The molecule has 2 saturated heterocycles. The number of nitrogens with zero attached hydrogens (tertiary/aromatic N) is 2. The fourth-order valence-corrected chi connectivity index (χ4v) is 4.88. The summed E-state index contributed by atoms with van der Waals surface area (Å²) in [5, 5.41) is 9.11. The summed E-state index contributed by atoms with van der Waals surface area (Å²) in [5.41, 5.74) is 0. The first kappa shape index (κ1) is 15.7. The molecular weight excluding hydrogens is 280 g/mol. The van der Waals surface area contributed by atoms with E-state index in [1.807, 2.05) is 6.92 Å². The molecule has 0 aromatic heterocycles. The summed E-state index contributed by atoms with van der Waals surface area (Å²) in [6.07, 6.45) is 1.48. The maximum Gasteiger partial charge on any atom is 0.237 e. The van der Waals surface area contributed by atoms with Crippen molar-refractivity contribution < 1.29 is 18.3 Å². The molecule has 1 N–H and O–H groups in total. The van der Waals surface area contributed by atoms with E-state index < -0.39 is 9.84 Å². The molecule has 6 nitrogen and oxygen atoms in total. The molecule has 2 rings (SSSR count). The van der Waals surface area contributed by atoms with E-state index in [-0.39, 0.29) is 36.0 Å². The number of sulfone groups is 1. The molecule has 2 aliphatic rings. The SMILES string of the molecule is CCN(C(=O)CN1CCC(CO)C1)C1CCS(=O)(=O)C1. The molecule has 7 heteroatoms. The molecule has 116 valence electrons. The summed E-state index contributed by atoms with van der Waals surface area (Å²) >= 11 is 0. The largest absolute Gasteiger partial charge is 0.396 e. The highest BCUT2D eigenvalue weighted by Crippen LogP contribution is 2.19. The van der Waals surface area contributed by atoms with Crippen molar-refractivity contribution >= 4 is 15.7 Å². The second-order valence-electron chi connectivity index (χ2n) is 5.81. The van der Waals surface area contributed by atoms with E-state index >= 15 is 0 Å². The number of carbonyl (C=O) groups is 1. The molecule has 0 radical (unpaired) electrons. The van der Waals surface area contributed by atoms with E-state index in [2.05, 4.69) is 4.90 Å². The number of hydrogen-bond acceptors (Lipinski definition) is 5. The minimum absolute atomic E-state index is 0.00758. The van der Waals surface area contributed by atoms with Gasteiger partial charge in [-0.1, -0.05) is 0 Å². The predicted molar refractivity (Wildman–Crippen MR) is 76.1 cm³/mol. The number of hydrogen-bond donors (Lipinski definition) is 1. The minimum atomic E-state index is -2.96. The number of likely N-dealkylation sites (tertiary alicyclic amines) is 1. The van der Waals surface area contributed by atoms with Gasteiger partial charge >= 0.3 is 0 Å². The molecule has 0 bridgehead atoms. The average Bonchev–Trinajstić information content (AvgIpc) is 2.97. The average molecular weight is 304 g/mol. The van der Waals surface area contributed by atoms with Gasteiger partial charge in [0.15, 0.2) is 9.84 Å². The van der Waals surface area contributed by atoms with E-state index in [9.17, 15) is 13.2 Å². The molecule has 0 saturated carbocycles. The summed E-state index contributed by atoms with van der Waals surface area (Å²) in [5.74, 6) is 0.571. The Morgan fingerprint density at radius 2 is 2.15 bits per heavy atom. The van der Waals surface area contributed by atoms with Gasteiger partial charge in [0.25, 0.3) is 0 Å². The van der Waals surface area contributed by atoms with Crippen LogP contribution < -0.4 is 0 Å². The third-order valence-corrected chi connectivity index (χ3v) is 6.05. The molecule has 0 aliphatic carbocycles. The van der Waals surface area contributed by atoms with Crippen molar-refractivity contribution in [2.75, 3.05) is 44.3 Å². The van der Waals surface area contributed by atoms with Crippen LogP contribution in [0.25, 0.3) is 0 Å². The van der Waals surface area contributed by atoms with Crippen LogP contribution >= 0.6 is 0 Å². The third-order valence-electron chi connectivity index (χ3n) is 4.30. The Labute approximate surface area is 120 Å². The van der Waals surface area contributed by atoms with Crippen LogP contribution in [-0.4, -0.2) is 79.6 Å². The van der Waals surface area contributed by atoms with Crippen LogP contribution in [-0.2, 0) is 14.6 Å². The Balaban J connectivity index is 1.90. The smallest absolute Gasteiger partial charge is 0.237 e.